The summed E-state index contributed by atoms with van der Waals surface area (Å²) in [6.45, 7) is 4.98. The Hall–Kier alpha value is -1.86. The molecule has 8 heteroatoms. The van der Waals surface area contributed by atoms with E-state index in [9.17, 15) is 8.42 Å². The van der Waals surface area contributed by atoms with Gasteiger partial charge in [0.25, 0.3) is 0 Å². The van der Waals surface area contributed by atoms with Crippen molar-refractivity contribution in [2.45, 2.75) is 51.2 Å². The van der Waals surface area contributed by atoms with Crippen LogP contribution in [0.25, 0.3) is 0 Å². The molecule has 0 radical (unpaired) electrons. The van der Waals surface area contributed by atoms with Crippen molar-refractivity contribution < 1.29 is 8.42 Å². The fraction of sp³-hybridized carbons (Fsp3) is 0.444. The number of aryl methyl sites for hydroxylation is 1. The SMILES string of the molecule is CC(C)(C)S(=O)(=O)Nc1cccc(Nc2nc(Cl)nc3c2CCCC3)c1. The second kappa shape index (κ2) is 7.04. The van der Waals surface area contributed by atoms with E-state index in [2.05, 4.69) is 20.0 Å². The summed E-state index contributed by atoms with van der Waals surface area (Å²) >= 11 is 6.06. The summed E-state index contributed by atoms with van der Waals surface area (Å²) in [4.78, 5) is 8.66. The molecule has 26 heavy (non-hydrogen) atoms. The van der Waals surface area contributed by atoms with Gasteiger partial charge in [-0.05, 0) is 76.3 Å². The lowest BCUT2D eigenvalue weighted by Crippen LogP contribution is -2.33. The first-order valence-corrected chi connectivity index (χ1v) is 10.5. The van der Waals surface area contributed by atoms with Gasteiger partial charge >= 0.3 is 0 Å². The fourth-order valence-electron chi connectivity index (χ4n) is 2.77. The Morgan fingerprint density at radius 3 is 2.50 bits per heavy atom. The Morgan fingerprint density at radius 1 is 1.08 bits per heavy atom. The average Bonchev–Trinajstić information content (AvgIpc) is 2.53. The van der Waals surface area contributed by atoms with Crippen LogP contribution in [-0.4, -0.2) is 23.1 Å². The summed E-state index contributed by atoms with van der Waals surface area (Å²) in [7, 11) is -3.49. The van der Waals surface area contributed by atoms with E-state index >= 15 is 0 Å². The first-order chi connectivity index (χ1) is 12.2. The van der Waals surface area contributed by atoms with E-state index in [4.69, 9.17) is 11.6 Å². The zero-order valence-electron chi connectivity index (χ0n) is 15.1. The highest BCUT2D eigenvalue weighted by atomic mass is 35.5. The van der Waals surface area contributed by atoms with Crippen LogP contribution in [0.3, 0.4) is 0 Å². The summed E-state index contributed by atoms with van der Waals surface area (Å²) < 4.78 is 26.5. The molecule has 2 N–H and O–H groups in total. The van der Waals surface area contributed by atoms with Crippen LogP contribution in [0, 0.1) is 0 Å². The van der Waals surface area contributed by atoms with Crippen LogP contribution in [0.5, 0.6) is 0 Å². The Morgan fingerprint density at radius 2 is 1.77 bits per heavy atom. The van der Waals surface area contributed by atoms with Crippen LogP contribution in [0.1, 0.15) is 44.9 Å². The molecule has 0 atom stereocenters. The summed E-state index contributed by atoms with van der Waals surface area (Å²) in [5.41, 5.74) is 3.31. The van der Waals surface area contributed by atoms with Crippen LogP contribution >= 0.6 is 11.6 Å². The van der Waals surface area contributed by atoms with Crippen LogP contribution in [0.4, 0.5) is 17.2 Å². The van der Waals surface area contributed by atoms with Gasteiger partial charge in [-0.15, -0.1) is 0 Å². The number of rotatable bonds is 4. The molecular formula is C18H23ClN4O2S. The molecule has 0 unspecified atom stereocenters. The number of aromatic nitrogens is 2. The third-order valence-electron chi connectivity index (χ3n) is 4.34. The van der Waals surface area contributed by atoms with Gasteiger partial charge in [0, 0.05) is 11.3 Å². The maximum Gasteiger partial charge on any atom is 0.237 e. The smallest absolute Gasteiger partial charge is 0.237 e. The molecule has 0 spiro atoms. The number of halogens is 1. The molecule has 2 aromatic rings. The molecule has 1 aliphatic rings. The van der Waals surface area contributed by atoms with Gasteiger partial charge in [-0.2, -0.15) is 0 Å². The summed E-state index contributed by atoms with van der Waals surface area (Å²) in [5, 5.41) is 3.49. The van der Waals surface area contributed by atoms with Gasteiger partial charge in [-0.25, -0.2) is 18.4 Å². The monoisotopic (exact) mass is 394 g/mol. The Kier molecular flexibility index (Phi) is 5.12. The van der Waals surface area contributed by atoms with Crippen molar-refractivity contribution in [3.05, 3.63) is 40.8 Å². The molecule has 1 aromatic carbocycles. The average molecular weight is 395 g/mol. The van der Waals surface area contributed by atoms with Gasteiger partial charge in [0.05, 0.1) is 16.1 Å². The molecule has 0 aliphatic heterocycles. The van der Waals surface area contributed by atoms with Gasteiger partial charge in [0.15, 0.2) is 0 Å². The minimum absolute atomic E-state index is 0.220. The van der Waals surface area contributed by atoms with Crippen LogP contribution in [0.2, 0.25) is 5.28 Å². The maximum atomic E-state index is 12.4. The first-order valence-electron chi connectivity index (χ1n) is 8.60. The molecule has 0 saturated carbocycles. The topological polar surface area (TPSA) is 84.0 Å². The lowest BCUT2D eigenvalue weighted by molar-refractivity contribution is 0.566. The molecule has 1 aliphatic carbocycles. The zero-order chi connectivity index (χ0) is 18.9. The molecule has 1 aromatic heterocycles. The maximum absolute atomic E-state index is 12.4. The molecule has 3 rings (SSSR count). The molecule has 1 heterocycles. The van der Waals surface area contributed by atoms with E-state index in [0.717, 1.165) is 42.6 Å². The van der Waals surface area contributed by atoms with Gasteiger partial charge in [-0.3, -0.25) is 4.72 Å². The van der Waals surface area contributed by atoms with E-state index in [1.165, 1.54) is 0 Å². The second-order valence-corrected chi connectivity index (χ2v) is 10.2. The summed E-state index contributed by atoms with van der Waals surface area (Å²) in [5.74, 6) is 0.690. The number of anilines is 3. The molecule has 6 nitrogen and oxygen atoms in total. The lowest BCUT2D eigenvalue weighted by Gasteiger charge is -2.21. The Balaban J connectivity index is 1.88. The lowest BCUT2D eigenvalue weighted by atomic mass is 9.96. The number of nitrogens with one attached hydrogen (secondary N) is 2. The number of benzene rings is 1. The second-order valence-electron chi connectivity index (χ2n) is 7.40. The van der Waals surface area contributed by atoms with Gasteiger partial charge < -0.3 is 5.32 Å². The highest BCUT2D eigenvalue weighted by Crippen LogP contribution is 2.30. The van der Waals surface area contributed by atoms with Crippen molar-refractivity contribution in [2.75, 3.05) is 10.0 Å². The minimum Gasteiger partial charge on any atom is -0.340 e. The van der Waals surface area contributed by atoms with Crippen molar-refractivity contribution in [3.63, 3.8) is 0 Å². The van der Waals surface area contributed by atoms with E-state index in [1.807, 2.05) is 6.07 Å². The highest BCUT2D eigenvalue weighted by molar-refractivity contribution is 7.94. The largest absolute Gasteiger partial charge is 0.340 e. The predicted octanol–water partition coefficient (Wildman–Crippen LogP) is 4.29. The Bertz CT molecular complexity index is 923. The van der Waals surface area contributed by atoms with Crippen molar-refractivity contribution >= 4 is 38.8 Å². The normalized spacial score (nSPS) is 14.6. The molecule has 0 saturated heterocycles. The number of nitrogens with zero attached hydrogens (tertiary/aromatic N) is 2. The van der Waals surface area contributed by atoms with Gasteiger partial charge in [0.1, 0.15) is 5.82 Å². The quantitative estimate of drug-likeness (QED) is 0.755. The summed E-state index contributed by atoms with van der Waals surface area (Å²) in [6, 6.07) is 7.11. The van der Waals surface area contributed by atoms with Crippen molar-refractivity contribution in [1.82, 2.24) is 9.97 Å². The van der Waals surface area contributed by atoms with E-state index in [-0.39, 0.29) is 5.28 Å². The van der Waals surface area contributed by atoms with Crippen LogP contribution in [-0.2, 0) is 22.9 Å². The number of sulfonamides is 1. The van der Waals surface area contributed by atoms with E-state index in [0.29, 0.717) is 11.5 Å². The molecular weight excluding hydrogens is 372 g/mol. The van der Waals surface area contributed by atoms with Crippen molar-refractivity contribution in [1.29, 1.82) is 0 Å². The molecule has 0 fully saturated rings. The predicted molar refractivity (Wildman–Crippen MR) is 106 cm³/mol. The molecule has 140 valence electrons. The standard InChI is InChI=1S/C18H23ClN4O2S/c1-18(2,3)26(24,25)23-13-8-6-7-12(11-13)20-16-14-9-4-5-10-15(14)21-17(19)22-16/h6-8,11,23H,4-5,9-10H2,1-3H3,(H,20,21,22). The van der Waals surface area contributed by atoms with Crippen LogP contribution < -0.4 is 10.0 Å². The van der Waals surface area contributed by atoms with Crippen LogP contribution in [0.15, 0.2) is 24.3 Å². The fourth-order valence-corrected chi connectivity index (χ4v) is 3.70. The van der Waals surface area contributed by atoms with Crippen molar-refractivity contribution in [3.8, 4) is 0 Å². The van der Waals surface area contributed by atoms with Crippen molar-refractivity contribution in [2.24, 2.45) is 0 Å². The van der Waals surface area contributed by atoms with E-state index < -0.39 is 14.8 Å². The minimum atomic E-state index is -3.49. The van der Waals surface area contributed by atoms with E-state index in [1.54, 1.807) is 39.0 Å². The third-order valence-corrected chi connectivity index (χ3v) is 6.63. The number of fused-ring (bicyclic) bond motifs is 1. The molecule has 0 bridgehead atoms. The van der Waals surface area contributed by atoms with Gasteiger partial charge in [-0.1, -0.05) is 6.07 Å². The Labute approximate surface area is 159 Å². The highest BCUT2D eigenvalue weighted by Gasteiger charge is 2.29. The first kappa shape index (κ1) is 18.9. The third kappa shape index (κ3) is 4.10. The number of hydrogen-bond donors (Lipinski definition) is 2. The summed E-state index contributed by atoms with van der Waals surface area (Å²) in [6.07, 6.45) is 4.00. The number of hydrogen-bond acceptors (Lipinski definition) is 5. The van der Waals surface area contributed by atoms with Gasteiger partial charge in [0.2, 0.25) is 15.3 Å². The molecule has 0 amide bonds. The zero-order valence-corrected chi connectivity index (χ0v) is 16.7.